The zero-order valence-electron chi connectivity index (χ0n) is 12.2. The first-order valence-electron chi connectivity index (χ1n) is 6.36. The van der Waals surface area contributed by atoms with Gasteiger partial charge in [-0.3, -0.25) is 0 Å². The minimum absolute atomic E-state index is 0.555. The van der Waals surface area contributed by atoms with Crippen LogP contribution in [0.2, 0.25) is 0 Å². The normalized spacial score (nSPS) is 9.86. The fourth-order valence-electron chi connectivity index (χ4n) is 1.93. The average Bonchev–Trinajstić information content (AvgIpc) is 2.54. The minimum atomic E-state index is 0.555. The number of thiocarbonyl (C=S) groups is 1. The van der Waals surface area contributed by atoms with Gasteiger partial charge in [0.15, 0.2) is 11.5 Å². The fraction of sp³-hybridized carbons (Fsp3) is 0.188. The van der Waals surface area contributed by atoms with Crippen molar-refractivity contribution in [1.82, 2.24) is 0 Å². The van der Waals surface area contributed by atoms with Crippen LogP contribution < -0.4 is 19.5 Å². The van der Waals surface area contributed by atoms with Gasteiger partial charge in [-0.05, 0) is 18.2 Å². The van der Waals surface area contributed by atoms with Gasteiger partial charge in [0, 0.05) is 11.8 Å². The summed E-state index contributed by atoms with van der Waals surface area (Å²) in [5.74, 6) is 1.83. The lowest BCUT2D eigenvalue weighted by atomic mass is 10.1. The molecule has 0 radical (unpaired) electrons. The van der Waals surface area contributed by atoms with Crippen molar-refractivity contribution < 1.29 is 14.2 Å². The van der Waals surface area contributed by atoms with Crippen LogP contribution in [0.5, 0.6) is 17.2 Å². The molecule has 110 valence electrons. The summed E-state index contributed by atoms with van der Waals surface area (Å²) in [6, 6.07) is 13.3. The monoisotopic (exact) mass is 303 g/mol. The highest BCUT2D eigenvalue weighted by molar-refractivity contribution is 7.81. The Kier molecular flexibility index (Phi) is 5.00. The van der Waals surface area contributed by atoms with Gasteiger partial charge in [-0.15, -0.1) is 0 Å². The van der Waals surface area contributed by atoms with Crippen LogP contribution >= 0.6 is 12.2 Å². The van der Waals surface area contributed by atoms with E-state index in [0.717, 1.165) is 11.3 Å². The third-order valence-electron chi connectivity index (χ3n) is 2.98. The smallest absolute Gasteiger partial charge is 0.164 e. The Balaban J connectivity index is 2.35. The van der Waals surface area contributed by atoms with Gasteiger partial charge in [0.05, 0.1) is 26.9 Å². The largest absolute Gasteiger partial charge is 0.496 e. The van der Waals surface area contributed by atoms with E-state index in [1.54, 1.807) is 33.5 Å². The van der Waals surface area contributed by atoms with Gasteiger partial charge in [0.25, 0.3) is 0 Å². The number of hydrogen-bond acceptors (Lipinski definition) is 4. The summed E-state index contributed by atoms with van der Waals surface area (Å²) in [5.41, 5.74) is 1.66. The fourth-order valence-corrected chi connectivity index (χ4v) is 2.20. The quantitative estimate of drug-likeness (QED) is 0.856. The standard InChI is InChI=1S/C16H17NO3S/c1-18-13-10-15(20-3)14(19-2)9-12(13)16(21)17-11-7-5-4-6-8-11/h4-10H,1-3H3,(H,17,21). The molecule has 0 unspecified atom stereocenters. The molecule has 0 spiro atoms. The molecule has 0 saturated carbocycles. The Hall–Kier alpha value is -2.27. The van der Waals surface area contributed by atoms with Crippen LogP contribution in [0, 0.1) is 0 Å². The summed E-state index contributed by atoms with van der Waals surface area (Å²) in [6.45, 7) is 0. The molecule has 4 nitrogen and oxygen atoms in total. The van der Waals surface area contributed by atoms with E-state index >= 15 is 0 Å². The Bertz CT molecular complexity index is 629. The Morgan fingerprint density at radius 2 is 1.43 bits per heavy atom. The molecule has 2 rings (SSSR count). The molecule has 0 bridgehead atoms. The van der Waals surface area contributed by atoms with Crippen LogP contribution in [0.1, 0.15) is 5.56 Å². The summed E-state index contributed by atoms with van der Waals surface area (Å²) in [6.07, 6.45) is 0. The summed E-state index contributed by atoms with van der Waals surface area (Å²) >= 11 is 5.46. The molecular formula is C16H17NO3S. The van der Waals surface area contributed by atoms with Crippen LogP contribution in [0.25, 0.3) is 0 Å². The van der Waals surface area contributed by atoms with Crippen LogP contribution in [0.4, 0.5) is 5.69 Å². The highest BCUT2D eigenvalue weighted by Gasteiger charge is 2.15. The predicted molar refractivity (Wildman–Crippen MR) is 87.9 cm³/mol. The lowest BCUT2D eigenvalue weighted by Crippen LogP contribution is -2.12. The predicted octanol–water partition coefficient (Wildman–Crippen LogP) is 3.50. The second kappa shape index (κ2) is 6.95. The van der Waals surface area contributed by atoms with Gasteiger partial charge in [-0.2, -0.15) is 0 Å². The van der Waals surface area contributed by atoms with Crippen molar-refractivity contribution in [3.05, 3.63) is 48.0 Å². The van der Waals surface area contributed by atoms with E-state index < -0.39 is 0 Å². The molecule has 21 heavy (non-hydrogen) atoms. The van der Waals surface area contributed by atoms with Gasteiger partial charge < -0.3 is 19.5 Å². The molecule has 0 aliphatic rings. The molecule has 1 N–H and O–H groups in total. The van der Waals surface area contributed by atoms with Crippen molar-refractivity contribution in [3.8, 4) is 17.2 Å². The first-order chi connectivity index (χ1) is 10.2. The second-order valence-corrected chi connectivity index (χ2v) is 4.64. The molecule has 0 aromatic heterocycles. The van der Waals surface area contributed by atoms with Crippen LogP contribution in [-0.4, -0.2) is 26.3 Å². The number of nitrogens with one attached hydrogen (secondary N) is 1. The molecule has 0 atom stereocenters. The molecule has 5 heteroatoms. The first-order valence-corrected chi connectivity index (χ1v) is 6.76. The van der Waals surface area contributed by atoms with Crippen molar-refractivity contribution in [1.29, 1.82) is 0 Å². The lowest BCUT2D eigenvalue weighted by Gasteiger charge is -2.15. The van der Waals surface area contributed by atoms with Gasteiger partial charge >= 0.3 is 0 Å². The molecule has 0 aliphatic heterocycles. The van der Waals surface area contributed by atoms with E-state index in [1.165, 1.54) is 0 Å². The van der Waals surface area contributed by atoms with Crippen molar-refractivity contribution in [2.24, 2.45) is 0 Å². The summed E-state index contributed by atoms with van der Waals surface area (Å²) in [7, 11) is 4.76. The van der Waals surface area contributed by atoms with Gasteiger partial charge in [-0.25, -0.2) is 0 Å². The molecule has 2 aromatic carbocycles. The number of para-hydroxylation sites is 1. The van der Waals surface area contributed by atoms with Gasteiger partial charge in [0.1, 0.15) is 10.7 Å². The van der Waals surface area contributed by atoms with Crippen molar-refractivity contribution in [2.75, 3.05) is 26.6 Å². The van der Waals surface area contributed by atoms with Crippen molar-refractivity contribution >= 4 is 22.9 Å². The van der Waals surface area contributed by atoms with Crippen molar-refractivity contribution in [2.45, 2.75) is 0 Å². The van der Waals surface area contributed by atoms with E-state index in [4.69, 9.17) is 26.4 Å². The SMILES string of the molecule is COc1cc(OC)c(C(=S)Nc2ccccc2)cc1OC. The van der Waals surface area contributed by atoms with E-state index in [0.29, 0.717) is 22.2 Å². The van der Waals surface area contributed by atoms with Crippen LogP contribution in [-0.2, 0) is 0 Å². The van der Waals surface area contributed by atoms with Gasteiger partial charge in [-0.1, -0.05) is 30.4 Å². The van der Waals surface area contributed by atoms with E-state index in [-0.39, 0.29) is 0 Å². The number of anilines is 1. The zero-order valence-corrected chi connectivity index (χ0v) is 13.0. The topological polar surface area (TPSA) is 39.7 Å². The first kappa shape index (κ1) is 15.1. The summed E-state index contributed by atoms with van der Waals surface area (Å²) in [4.78, 5) is 0.555. The molecule has 0 fully saturated rings. The highest BCUT2D eigenvalue weighted by atomic mass is 32.1. The van der Waals surface area contributed by atoms with E-state index in [2.05, 4.69) is 5.32 Å². The number of hydrogen-bond donors (Lipinski definition) is 1. The minimum Gasteiger partial charge on any atom is -0.496 e. The maximum Gasteiger partial charge on any atom is 0.164 e. The average molecular weight is 303 g/mol. The zero-order chi connectivity index (χ0) is 15.2. The second-order valence-electron chi connectivity index (χ2n) is 4.23. The maximum absolute atomic E-state index is 5.46. The number of rotatable bonds is 5. The van der Waals surface area contributed by atoms with Crippen molar-refractivity contribution in [3.63, 3.8) is 0 Å². The molecule has 0 heterocycles. The molecular weight excluding hydrogens is 286 g/mol. The van der Waals surface area contributed by atoms with Crippen LogP contribution in [0.15, 0.2) is 42.5 Å². The van der Waals surface area contributed by atoms with E-state index in [9.17, 15) is 0 Å². The maximum atomic E-state index is 5.46. The van der Waals surface area contributed by atoms with E-state index in [1.807, 2.05) is 30.3 Å². The molecule has 2 aromatic rings. The van der Waals surface area contributed by atoms with Gasteiger partial charge in [0.2, 0.25) is 0 Å². The highest BCUT2D eigenvalue weighted by Crippen LogP contribution is 2.35. The number of ether oxygens (including phenoxy) is 3. The third kappa shape index (κ3) is 3.44. The Morgan fingerprint density at radius 1 is 0.857 bits per heavy atom. The Morgan fingerprint density at radius 3 is 2.00 bits per heavy atom. The molecule has 0 saturated heterocycles. The summed E-state index contributed by atoms with van der Waals surface area (Å²) in [5, 5.41) is 3.18. The number of benzene rings is 2. The summed E-state index contributed by atoms with van der Waals surface area (Å²) < 4.78 is 16.0. The molecule has 0 aliphatic carbocycles. The third-order valence-corrected chi connectivity index (χ3v) is 3.30. The Labute approximate surface area is 129 Å². The molecule has 0 amide bonds. The lowest BCUT2D eigenvalue weighted by molar-refractivity contribution is 0.349. The van der Waals surface area contributed by atoms with Crippen LogP contribution in [0.3, 0.4) is 0 Å². The number of methoxy groups -OCH3 is 3.